The number of carbonyl (C=O) groups is 2. The molecule has 2 amide bonds. The van der Waals surface area contributed by atoms with Crippen LogP contribution in [0.3, 0.4) is 0 Å². The van der Waals surface area contributed by atoms with Gasteiger partial charge in [-0.1, -0.05) is 36.4 Å². The van der Waals surface area contributed by atoms with Gasteiger partial charge in [-0.3, -0.25) is 9.59 Å². The van der Waals surface area contributed by atoms with E-state index in [1.54, 1.807) is 48.5 Å². The maximum absolute atomic E-state index is 12.7. The topological polar surface area (TPSA) is 113 Å². The molecule has 0 saturated carbocycles. The first-order valence-corrected chi connectivity index (χ1v) is 7.79. The Morgan fingerprint density at radius 1 is 0.720 bits per heavy atom. The van der Waals surface area contributed by atoms with Crippen molar-refractivity contribution in [2.24, 2.45) is 0 Å². The molecule has 0 aliphatic carbocycles. The molecule has 0 unspecified atom stereocenters. The predicted octanol–water partition coefficient (Wildman–Crippen LogP) is -0.223. The average molecular weight is 340 g/mol. The molecule has 0 spiro atoms. The number of amides is 2. The third-order valence-electron chi connectivity index (χ3n) is 5.37. The van der Waals surface area contributed by atoms with Crippen LogP contribution in [0.15, 0.2) is 48.5 Å². The van der Waals surface area contributed by atoms with Crippen LogP contribution >= 0.6 is 0 Å². The zero-order valence-corrected chi connectivity index (χ0v) is 13.1. The normalized spacial score (nSPS) is 28.9. The summed E-state index contributed by atoms with van der Waals surface area (Å²) < 4.78 is 0. The van der Waals surface area contributed by atoms with E-state index in [9.17, 15) is 19.8 Å². The van der Waals surface area contributed by atoms with Crippen molar-refractivity contribution in [2.75, 3.05) is 13.1 Å². The van der Waals surface area contributed by atoms with Gasteiger partial charge in [0, 0.05) is 35.3 Å². The Bertz CT molecular complexity index is 854. The van der Waals surface area contributed by atoms with E-state index in [1.807, 2.05) is 0 Å². The molecule has 7 nitrogen and oxygen atoms in total. The Kier molecular flexibility index (Phi) is 2.94. The van der Waals surface area contributed by atoms with Crippen molar-refractivity contribution in [1.29, 1.82) is 0 Å². The fourth-order valence-electron chi connectivity index (χ4n) is 4.30. The maximum atomic E-state index is 12.7. The molecule has 0 radical (unpaired) electrons. The summed E-state index contributed by atoms with van der Waals surface area (Å²) in [6.45, 7) is 0.318. The van der Waals surface area contributed by atoms with Crippen LogP contribution < -0.4 is 0 Å². The minimum Gasteiger partial charge on any atom is -0.412 e. The summed E-state index contributed by atoms with van der Waals surface area (Å²) in [4.78, 5) is 28.0. The zero-order chi connectivity index (χ0) is 16.7. The van der Waals surface area contributed by atoms with Crippen LogP contribution in [0.4, 0.5) is 0 Å². The van der Waals surface area contributed by atoms with Crippen molar-refractivity contribution in [3.05, 3.63) is 70.8 Å². The van der Waals surface area contributed by atoms with Gasteiger partial charge in [0.1, 0.15) is 0 Å². The van der Waals surface area contributed by atoms with Crippen LogP contribution in [0, 0.1) is 0 Å². The third-order valence-corrected chi connectivity index (χ3v) is 5.37. The van der Waals surface area contributed by atoms with Gasteiger partial charge in [-0.2, -0.15) is 0 Å². The first-order valence-electron chi connectivity index (χ1n) is 7.79. The van der Waals surface area contributed by atoms with Gasteiger partial charge in [0.25, 0.3) is 11.8 Å². The molecule has 2 aromatic carbocycles. The monoisotopic (exact) mass is 340 g/mol. The van der Waals surface area contributed by atoms with Gasteiger partial charge in [-0.05, 0) is 12.1 Å². The first-order chi connectivity index (χ1) is 11.5. The number of carbonyl (C=O) groups excluding carboxylic acids is 2. The molecular weight excluding hydrogens is 324 g/mol. The lowest BCUT2D eigenvalue weighted by molar-refractivity contribution is -0.297. The van der Waals surface area contributed by atoms with Crippen LogP contribution in [-0.4, -0.2) is 50.4 Å². The van der Waals surface area contributed by atoms with E-state index in [4.69, 9.17) is 0 Å². The molecule has 1 saturated heterocycles. The molecule has 2 atom stereocenters. The van der Waals surface area contributed by atoms with Crippen molar-refractivity contribution < 1.29 is 25.3 Å². The van der Waals surface area contributed by atoms with E-state index in [1.165, 1.54) is 9.80 Å². The minimum absolute atomic E-state index is 0. The summed E-state index contributed by atoms with van der Waals surface area (Å²) >= 11 is 0. The van der Waals surface area contributed by atoms with Crippen molar-refractivity contribution in [1.82, 2.24) is 9.80 Å². The number of hydrogen-bond acceptors (Lipinski definition) is 4. The van der Waals surface area contributed by atoms with Crippen LogP contribution in [0.1, 0.15) is 31.8 Å². The highest BCUT2D eigenvalue weighted by molar-refractivity contribution is 6.03. The third kappa shape index (κ3) is 1.47. The summed E-state index contributed by atoms with van der Waals surface area (Å²) in [5, 5.41) is 23.2. The second kappa shape index (κ2) is 4.66. The van der Waals surface area contributed by atoms with E-state index in [2.05, 4.69) is 0 Å². The summed E-state index contributed by atoms with van der Waals surface area (Å²) in [6.07, 6.45) is 0. The molecule has 4 N–H and O–H groups in total. The minimum atomic E-state index is -2.00. The summed E-state index contributed by atoms with van der Waals surface area (Å²) in [5.41, 5.74) is -2.64. The van der Waals surface area contributed by atoms with E-state index >= 15 is 0 Å². The second-order valence-corrected chi connectivity index (χ2v) is 6.35. The highest BCUT2D eigenvalue weighted by atomic mass is 16.4. The number of rotatable bonds is 0. The zero-order valence-electron chi connectivity index (χ0n) is 13.1. The lowest BCUT2D eigenvalue weighted by Crippen LogP contribution is -2.69. The Morgan fingerprint density at radius 3 is 1.48 bits per heavy atom. The van der Waals surface area contributed by atoms with Crippen LogP contribution in [0.25, 0.3) is 0 Å². The van der Waals surface area contributed by atoms with E-state index in [0.717, 1.165) is 0 Å². The lowest BCUT2D eigenvalue weighted by Gasteiger charge is -2.52. The molecule has 0 bridgehead atoms. The Hall–Kier alpha value is -2.74. The first kappa shape index (κ1) is 15.8. The highest BCUT2D eigenvalue weighted by Crippen LogP contribution is 2.56. The van der Waals surface area contributed by atoms with E-state index in [-0.39, 0.29) is 30.4 Å². The smallest absolute Gasteiger partial charge is 0.257 e. The van der Waals surface area contributed by atoms with Gasteiger partial charge in [-0.25, -0.2) is 0 Å². The van der Waals surface area contributed by atoms with Crippen LogP contribution in [0.2, 0.25) is 0 Å². The molecule has 7 heteroatoms. The molecule has 25 heavy (non-hydrogen) atoms. The maximum Gasteiger partial charge on any atom is 0.257 e. The fourth-order valence-corrected chi connectivity index (χ4v) is 4.30. The molecular formula is C18H16N2O5. The summed E-state index contributed by atoms with van der Waals surface area (Å²) in [5.74, 6) is -0.670. The number of hydrogen-bond donors (Lipinski definition) is 2. The average Bonchev–Trinajstić information content (AvgIpc) is 2.98. The summed E-state index contributed by atoms with van der Waals surface area (Å²) in [6, 6.07) is 13.4. The highest BCUT2D eigenvalue weighted by Gasteiger charge is 2.70. The molecule has 3 aliphatic heterocycles. The number of aliphatic hydroxyl groups is 2. The van der Waals surface area contributed by atoms with Gasteiger partial charge in [-0.15, -0.1) is 0 Å². The van der Waals surface area contributed by atoms with Gasteiger partial charge >= 0.3 is 0 Å². The van der Waals surface area contributed by atoms with Crippen molar-refractivity contribution >= 4 is 11.8 Å². The van der Waals surface area contributed by atoms with Crippen molar-refractivity contribution in [3.8, 4) is 0 Å². The quantitative estimate of drug-likeness (QED) is 0.690. The largest absolute Gasteiger partial charge is 0.412 e. The Balaban J connectivity index is 0.00000157. The molecule has 2 aromatic rings. The second-order valence-electron chi connectivity index (χ2n) is 6.35. The lowest BCUT2D eigenvalue weighted by atomic mass is 9.84. The van der Waals surface area contributed by atoms with E-state index < -0.39 is 11.4 Å². The number of fused-ring (bicyclic) bond motifs is 7. The number of nitrogens with zero attached hydrogens (tertiary/aromatic N) is 2. The Morgan fingerprint density at radius 2 is 1.08 bits per heavy atom. The molecule has 0 aromatic heterocycles. The van der Waals surface area contributed by atoms with Gasteiger partial charge in [0.2, 0.25) is 11.4 Å². The van der Waals surface area contributed by atoms with Crippen molar-refractivity contribution in [3.63, 3.8) is 0 Å². The molecule has 5 rings (SSSR count). The molecule has 3 aliphatic rings. The van der Waals surface area contributed by atoms with Gasteiger partial charge in [0.15, 0.2) is 0 Å². The summed E-state index contributed by atoms with van der Waals surface area (Å²) in [7, 11) is 0. The fraction of sp³-hybridized carbons (Fsp3) is 0.222. The van der Waals surface area contributed by atoms with Gasteiger partial charge in [0.05, 0.1) is 0 Å². The van der Waals surface area contributed by atoms with Gasteiger partial charge < -0.3 is 25.5 Å². The van der Waals surface area contributed by atoms with E-state index in [0.29, 0.717) is 22.3 Å². The molecule has 3 heterocycles. The van der Waals surface area contributed by atoms with Crippen molar-refractivity contribution in [2.45, 2.75) is 11.4 Å². The van der Waals surface area contributed by atoms with Crippen LogP contribution in [-0.2, 0) is 11.4 Å². The number of piperazine rings is 1. The standard InChI is InChI=1S/C18H14N2O4.H2O/c21-15-11-5-1-3-7-13(11)17(23)18(24)14-8-4-2-6-12(14)16(22)20(18)10-9-19(15)17;/h1-8,23-24H,9-10H2;1H2/t17-,18-;/m0./s1. The molecule has 1 fully saturated rings. The Labute approximate surface area is 143 Å². The molecule has 128 valence electrons. The predicted molar refractivity (Wildman–Crippen MR) is 86.4 cm³/mol. The number of benzene rings is 2. The van der Waals surface area contributed by atoms with Crippen LogP contribution in [0.5, 0.6) is 0 Å². The SMILES string of the molecule is O.O=C1c2ccccc2[C@@]2(O)N1CCN1C(=O)c3ccccc3[C@@]12O.